The highest BCUT2D eigenvalue weighted by atomic mass is 35.5. The number of rotatable bonds is 0. The third-order valence-electron chi connectivity index (χ3n) is 5.22. The predicted octanol–water partition coefficient (Wildman–Crippen LogP) is 5.28. The first-order chi connectivity index (χ1) is 13.3. The van der Waals surface area contributed by atoms with E-state index < -0.39 is 11.6 Å². The highest BCUT2D eigenvalue weighted by Gasteiger charge is 2.55. The lowest BCUT2D eigenvalue weighted by atomic mass is 9.76. The molecule has 0 fully saturated rings. The van der Waals surface area contributed by atoms with Crippen molar-refractivity contribution in [2.45, 2.75) is 12.5 Å². The van der Waals surface area contributed by atoms with Crippen molar-refractivity contribution >= 4 is 29.2 Å². The second-order valence-electron chi connectivity index (χ2n) is 6.73. The Bertz CT molecular complexity index is 1200. The Morgan fingerprint density at radius 3 is 2.46 bits per heavy atom. The minimum atomic E-state index is -1.37. The maximum atomic E-state index is 12.7. The number of benzene rings is 3. The van der Waals surface area contributed by atoms with Gasteiger partial charge in [0.2, 0.25) is 0 Å². The second-order valence-corrected chi connectivity index (χ2v) is 7.51. The average Bonchev–Trinajstić information content (AvgIpc) is 2.95. The van der Waals surface area contributed by atoms with Crippen molar-refractivity contribution < 1.29 is 24.5 Å². The molecule has 28 heavy (non-hydrogen) atoms. The van der Waals surface area contributed by atoms with Crippen LogP contribution in [0.1, 0.15) is 32.6 Å². The van der Waals surface area contributed by atoms with E-state index >= 15 is 0 Å². The van der Waals surface area contributed by atoms with Crippen LogP contribution in [0.5, 0.6) is 23.0 Å². The van der Waals surface area contributed by atoms with Gasteiger partial charge in [-0.1, -0.05) is 41.4 Å². The van der Waals surface area contributed by atoms with E-state index in [1.54, 1.807) is 31.2 Å². The van der Waals surface area contributed by atoms with E-state index in [0.717, 1.165) is 0 Å². The van der Waals surface area contributed by atoms with Crippen LogP contribution in [0, 0.1) is 6.92 Å². The number of carbonyl (C=O) groups excluding carboxylic acids is 1. The molecule has 5 rings (SSSR count). The fourth-order valence-electron chi connectivity index (χ4n) is 4.02. The van der Waals surface area contributed by atoms with E-state index in [-0.39, 0.29) is 33.0 Å². The molecular formula is C21H12Cl2O5. The molecule has 3 aromatic rings. The van der Waals surface area contributed by atoms with Gasteiger partial charge >= 0.3 is 5.97 Å². The summed E-state index contributed by atoms with van der Waals surface area (Å²) in [7, 11) is 0. The van der Waals surface area contributed by atoms with E-state index in [0.29, 0.717) is 27.8 Å². The van der Waals surface area contributed by atoms with Crippen LogP contribution in [0.3, 0.4) is 0 Å². The van der Waals surface area contributed by atoms with Crippen molar-refractivity contribution in [2.24, 2.45) is 0 Å². The number of hydrogen-bond acceptors (Lipinski definition) is 5. The Balaban J connectivity index is 1.97. The Morgan fingerprint density at radius 1 is 0.964 bits per heavy atom. The Labute approximate surface area is 169 Å². The quantitative estimate of drug-likeness (QED) is 0.489. The summed E-state index contributed by atoms with van der Waals surface area (Å²) in [6, 6.07) is 11.3. The highest BCUT2D eigenvalue weighted by Crippen LogP contribution is 2.59. The molecule has 140 valence electrons. The van der Waals surface area contributed by atoms with E-state index in [1.165, 1.54) is 18.2 Å². The molecule has 2 heterocycles. The molecule has 1 unspecified atom stereocenters. The van der Waals surface area contributed by atoms with Crippen LogP contribution < -0.4 is 4.74 Å². The first kappa shape index (κ1) is 17.2. The lowest BCUT2D eigenvalue weighted by molar-refractivity contribution is 0.0222. The zero-order valence-corrected chi connectivity index (χ0v) is 15.9. The molecule has 1 spiro atoms. The molecule has 0 aromatic heterocycles. The molecule has 0 amide bonds. The molecule has 2 aliphatic heterocycles. The van der Waals surface area contributed by atoms with Crippen LogP contribution >= 0.6 is 23.2 Å². The van der Waals surface area contributed by atoms with E-state index in [2.05, 4.69) is 0 Å². The van der Waals surface area contributed by atoms with Crippen LogP contribution in [0.4, 0.5) is 0 Å². The molecule has 5 nitrogen and oxygen atoms in total. The molecule has 7 heteroatoms. The van der Waals surface area contributed by atoms with E-state index in [9.17, 15) is 15.0 Å². The third-order valence-corrected chi connectivity index (χ3v) is 6.00. The number of fused-ring (bicyclic) bond motifs is 6. The monoisotopic (exact) mass is 414 g/mol. The summed E-state index contributed by atoms with van der Waals surface area (Å²) in [4.78, 5) is 12.7. The minimum absolute atomic E-state index is 0.0909. The van der Waals surface area contributed by atoms with Gasteiger partial charge in [0.1, 0.15) is 23.0 Å². The largest absolute Gasteiger partial charge is 0.506 e. The molecule has 2 aliphatic rings. The summed E-state index contributed by atoms with van der Waals surface area (Å²) in [5, 5.41) is 20.5. The topological polar surface area (TPSA) is 76.0 Å². The third kappa shape index (κ3) is 2.00. The van der Waals surface area contributed by atoms with Crippen LogP contribution in [0.25, 0.3) is 0 Å². The summed E-state index contributed by atoms with van der Waals surface area (Å²) in [6.45, 7) is 1.72. The van der Waals surface area contributed by atoms with Gasteiger partial charge in [0.15, 0.2) is 5.60 Å². The van der Waals surface area contributed by atoms with Crippen LogP contribution in [-0.4, -0.2) is 16.2 Å². The maximum Gasteiger partial charge on any atom is 0.340 e. The number of carbonyl (C=O) groups is 1. The van der Waals surface area contributed by atoms with Gasteiger partial charge in [-0.15, -0.1) is 0 Å². The van der Waals surface area contributed by atoms with Gasteiger partial charge in [0, 0.05) is 23.3 Å². The van der Waals surface area contributed by atoms with E-state index in [1.807, 2.05) is 0 Å². The molecule has 0 saturated heterocycles. The summed E-state index contributed by atoms with van der Waals surface area (Å²) in [5.74, 6) is -0.292. The number of phenols is 2. The zero-order chi connectivity index (χ0) is 19.8. The summed E-state index contributed by atoms with van der Waals surface area (Å²) in [5.41, 5.74) is 1.13. The average molecular weight is 415 g/mol. The van der Waals surface area contributed by atoms with Crippen LogP contribution in [0.2, 0.25) is 10.0 Å². The SMILES string of the molecule is Cc1c(Cl)c(O)cc2c1C1(OC(=O)c3ccccc31)c1cc(Cl)c(O)cc1O2. The van der Waals surface area contributed by atoms with Gasteiger partial charge in [0.05, 0.1) is 21.2 Å². The van der Waals surface area contributed by atoms with Gasteiger partial charge < -0.3 is 19.7 Å². The molecule has 3 aromatic carbocycles. The second kappa shape index (κ2) is 5.56. The van der Waals surface area contributed by atoms with Crippen LogP contribution in [0.15, 0.2) is 42.5 Å². The van der Waals surface area contributed by atoms with Gasteiger partial charge in [-0.05, 0) is 24.6 Å². The van der Waals surface area contributed by atoms with Gasteiger partial charge in [0.25, 0.3) is 0 Å². The number of esters is 1. The molecule has 0 aliphatic carbocycles. The summed E-state index contributed by atoms with van der Waals surface area (Å²) < 4.78 is 11.9. The Morgan fingerprint density at radius 2 is 1.68 bits per heavy atom. The maximum absolute atomic E-state index is 12.7. The van der Waals surface area contributed by atoms with Crippen LogP contribution in [-0.2, 0) is 10.3 Å². The molecule has 0 saturated carbocycles. The standard InChI is InChI=1S/C21H12Cl2O5/c1-9-18-17(8-15(25)19(9)23)27-16-7-14(24)13(22)6-12(16)21(18)11-5-3-2-4-10(11)20(26)28-21/h2-8,24-25H,1H3. The van der Waals surface area contributed by atoms with Crippen molar-refractivity contribution in [2.75, 3.05) is 0 Å². The van der Waals surface area contributed by atoms with Crippen molar-refractivity contribution in [3.05, 3.63) is 80.3 Å². The summed E-state index contributed by atoms with van der Waals surface area (Å²) >= 11 is 12.5. The minimum Gasteiger partial charge on any atom is -0.506 e. The molecule has 2 N–H and O–H groups in total. The van der Waals surface area contributed by atoms with Gasteiger partial charge in [-0.3, -0.25) is 0 Å². The normalized spacial score (nSPS) is 18.9. The lowest BCUT2D eigenvalue weighted by Gasteiger charge is -2.38. The molecule has 1 atom stereocenters. The highest BCUT2D eigenvalue weighted by molar-refractivity contribution is 6.33. The number of ether oxygens (including phenoxy) is 2. The fourth-order valence-corrected chi connectivity index (χ4v) is 4.34. The fraction of sp³-hybridized carbons (Fsp3) is 0.0952. The van der Waals surface area contributed by atoms with Crippen molar-refractivity contribution in [3.8, 4) is 23.0 Å². The molecule has 0 bridgehead atoms. The van der Waals surface area contributed by atoms with E-state index in [4.69, 9.17) is 32.7 Å². The summed E-state index contributed by atoms with van der Waals surface area (Å²) in [6.07, 6.45) is 0. The Hall–Kier alpha value is -2.89. The van der Waals surface area contributed by atoms with Crippen molar-refractivity contribution in [3.63, 3.8) is 0 Å². The number of aromatic hydroxyl groups is 2. The number of halogens is 2. The lowest BCUT2D eigenvalue weighted by Crippen LogP contribution is -2.34. The molecule has 0 radical (unpaired) electrons. The Kier molecular flexibility index (Phi) is 3.42. The first-order valence-corrected chi connectivity index (χ1v) is 9.16. The first-order valence-electron chi connectivity index (χ1n) is 8.41. The van der Waals surface area contributed by atoms with Crippen molar-refractivity contribution in [1.82, 2.24) is 0 Å². The van der Waals surface area contributed by atoms with Crippen molar-refractivity contribution in [1.29, 1.82) is 0 Å². The number of phenolic OH excluding ortho intramolecular Hbond substituents is 2. The van der Waals surface area contributed by atoms with Gasteiger partial charge in [-0.2, -0.15) is 0 Å². The predicted molar refractivity (Wildman–Crippen MR) is 103 cm³/mol. The van der Waals surface area contributed by atoms with Gasteiger partial charge in [-0.25, -0.2) is 4.79 Å². The molecular weight excluding hydrogens is 403 g/mol. The zero-order valence-electron chi connectivity index (χ0n) is 14.4. The number of hydrogen-bond donors (Lipinski definition) is 2. The smallest absolute Gasteiger partial charge is 0.340 e.